The van der Waals surface area contributed by atoms with Crippen LogP contribution in [-0.4, -0.2) is 16.1 Å². The van der Waals surface area contributed by atoms with E-state index >= 15 is 0 Å². The van der Waals surface area contributed by atoms with Crippen LogP contribution in [0.1, 0.15) is 33.2 Å². The monoisotopic (exact) mass is 277 g/mol. The highest BCUT2D eigenvalue weighted by Gasteiger charge is 2.18. The molecule has 1 heterocycles. The van der Waals surface area contributed by atoms with Crippen molar-refractivity contribution in [1.82, 2.24) is 4.57 Å². The lowest BCUT2D eigenvalue weighted by atomic mass is 9.97. The number of benzene rings is 2. The molecule has 3 nitrogen and oxygen atoms in total. The van der Waals surface area contributed by atoms with Crippen LogP contribution in [0.2, 0.25) is 0 Å². The molecule has 0 fully saturated rings. The summed E-state index contributed by atoms with van der Waals surface area (Å²) in [7, 11) is 1.88. The van der Waals surface area contributed by atoms with E-state index in [0.29, 0.717) is 16.7 Å². The minimum atomic E-state index is -0.0603. The molecule has 2 aromatic carbocycles. The summed E-state index contributed by atoms with van der Waals surface area (Å²) in [4.78, 5) is 24.6. The fraction of sp³-hybridized carbons (Fsp3) is 0.111. The molecule has 0 aliphatic carbocycles. The van der Waals surface area contributed by atoms with Gasteiger partial charge >= 0.3 is 0 Å². The first-order valence-electron chi connectivity index (χ1n) is 6.78. The van der Waals surface area contributed by atoms with Gasteiger partial charge < -0.3 is 4.57 Å². The third-order valence-corrected chi connectivity index (χ3v) is 3.67. The molecule has 0 amide bonds. The minimum absolute atomic E-state index is 0.0334. The van der Waals surface area contributed by atoms with E-state index in [1.807, 2.05) is 41.9 Å². The van der Waals surface area contributed by atoms with E-state index in [1.54, 1.807) is 24.4 Å². The SMILES string of the molecule is CC(=O)c1cn(C)c2cccc(C(=O)c3ccccc3)c12. The maximum absolute atomic E-state index is 12.7. The van der Waals surface area contributed by atoms with Crippen LogP contribution in [-0.2, 0) is 7.05 Å². The number of fused-ring (bicyclic) bond motifs is 1. The van der Waals surface area contributed by atoms with Crippen molar-refractivity contribution >= 4 is 22.5 Å². The predicted molar refractivity (Wildman–Crippen MR) is 82.8 cm³/mol. The van der Waals surface area contributed by atoms with Crippen LogP contribution in [0.3, 0.4) is 0 Å². The predicted octanol–water partition coefficient (Wildman–Crippen LogP) is 3.61. The number of hydrogen-bond acceptors (Lipinski definition) is 2. The van der Waals surface area contributed by atoms with Gasteiger partial charge in [-0.2, -0.15) is 0 Å². The van der Waals surface area contributed by atoms with E-state index in [4.69, 9.17) is 0 Å². The average Bonchev–Trinajstić information content (AvgIpc) is 2.85. The van der Waals surface area contributed by atoms with Crippen LogP contribution in [0, 0.1) is 0 Å². The van der Waals surface area contributed by atoms with Gasteiger partial charge in [-0.15, -0.1) is 0 Å². The molecular formula is C18H15NO2. The minimum Gasteiger partial charge on any atom is -0.350 e. The van der Waals surface area contributed by atoms with E-state index in [9.17, 15) is 9.59 Å². The fourth-order valence-corrected chi connectivity index (χ4v) is 2.65. The first-order valence-corrected chi connectivity index (χ1v) is 6.78. The molecule has 3 heteroatoms. The molecule has 0 saturated heterocycles. The quantitative estimate of drug-likeness (QED) is 0.686. The summed E-state index contributed by atoms with van der Waals surface area (Å²) in [5, 5.41) is 0.737. The topological polar surface area (TPSA) is 39.1 Å². The number of rotatable bonds is 3. The van der Waals surface area contributed by atoms with Gasteiger partial charge in [-0.25, -0.2) is 0 Å². The molecule has 0 atom stereocenters. The molecule has 0 N–H and O–H groups in total. The van der Waals surface area contributed by atoms with Crippen LogP contribution >= 0.6 is 0 Å². The van der Waals surface area contributed by atoms with Crippen molar-refractivity contribution in [2.75, 3.05) is 0 Å². The first kappa shape index (κ1) is 13.3. The van der Waals surface area contributed by atoms with E-state index in [2.05, 4.69) is 0 Å². The Labute approximate surface area is 122 Å². The van der Waals surface area contributed by atoms with Crippen molar-refractivity contribution < 1.29 is 9.59 Å². The van der Waals surface area contributed by atoms with Gasteiger partial charge in [0.1, 0.15) is 0 Å². The second-order valence-electron chi connectivity index (χ2n) is 5.10. The molecule has 21 heavy (non-hydrogen) atoms. The lowest BCUT2D eigenvalue weighted by molar-refractivity contribution is 0.101. The summed E-state index contributed by atoms with van der Waals surface area (Å²) < 4.78 is 1.88. The molecule has 0 aliphatic heterocycles. The highest BCUT2D eigenvalue weighted by Crippen LogP contribution is 2.27. The second-order valence-corrected chi connectivity index (χ2v) is 5.10. The Hall–Kier alpha value is -2.68. The Bertz CT molecular complexity index is 844. The van der Waals surface area contributed by atoms with Gasteiger partial charge in [-0.3, -0.25) is 9.59 Å². The van der Waals surface area contributed by atoms with Crippen molar-refractivity contribution in [2.45, 2.75) is 6.92 Å². The van der Waals surface area contributed by atoms with Gasteiger partial charge in [0.2, 0.25) is 0 Å². The second kappa shape index (κ2) is 5.02. The molecule has 0 aliphatic rings. The lowest BCUT2D eigenvalue weighted by Gasteiger charge is -2.05. The molecule has 3 rings (SSSR count). The van der Waals surface area contributed by atoms with E-state index in [1.165, 1.54) is 6.92 Å². The van der Waals surface area contributed by atoms with Gasteiger partial charge in [-0.05, 0) is 13.0 Å². The van der Waals surface area contributed by atoms with Crippen LogP contribution < -0.4 is 0 Å². The van der Waals surface area contributed by atoms with E-state index in [0.717, 1.165) is 10.9 Å². The number of nitrogens with zero attached hydrogens (tertiary/aromatic N) is 1. The zero-order valence-electron chi connectivity index (χ0n) is 12.0. The highest BCUT2D eigenvalue weighted by molar-refractivity contribution is 6.20. The van der Waals surface area contributed by atoms with Gasteiger partial charge in [0.15, 0.2) is 11.6 Å². The Morgan fingerprint density at radius 1 is 0.905 bits per heavy atom. The average molecular weight is 277 g/mol. The van der Waals surface area contributed by atoms with Gasteiger partial charge in [0, 0.05) is 40.8 Å². The molecule has 0 unspecified atom stereocenters. The Morgan fingerprint density at radius 3 is 2.29 bits per heavy atom. The molecular weight excluding hydrogens is 262 g/mol. The van der Waals surface area contributed by atoms with Crippen molar-refractivity contribution in [3.8, 4) is 0 Å². The maximum atomic E-state index is 12.7. The summed E-state index contributed by atoms with van der Waals surface area (Å²) in [6, 6.07) is 14.7. The fourth-order valence-electron chi connectivity index (χ4n) is 2.65. The summed E-state index contributed by atoms with van der Waals surface area (Å²) in [6.07, 6.45) is 1.79. The summed E-state index contributed by atoms with van der Waals surface area (Å²) >= 11 is 0. The Balaban J connectivity index is 2.28. The van der Waals surface area contributed by atoms with Crippen molar-refractivity contribution in [2.24, 2.45) is 7.05 Å². The number of aryl methyl sites for hydroxylation is 1. The summed E-state index contributed by atoms with van der Waals surface area (Å²) in [5.74, 6) is -0.0937. The standard InChI is InChI=1S/C18H15NO2/c1-12(20)15-11-19(2)16-10-6-9-14(17(15)16)18(21)13-7-4-3-5-8-13/h3-11H,1-2H3. The third kappa shape index (κ3) is 2.17. The Kier molecular flexibility index (Phi) is 3.18. The number of hydrogen-bond donors (Lipinski definition) is 0. The van der Waals surface area contributed by atoms with Gasteiger partial charge in [-0.1, -0.05) is 42.5 Å². The van der Waals surface area contributed by atoms with E-state index in [-0.39, 0.29) is 11.6 Å². The molecule has 0 radical (unpaired) electrons. The zero-order valence-corrected chi connectivity index (χ0v) is 12.0. The first-order chi connectivity index (χ1) is 10.1. The summed E-state index contributed by atoms with van der Waals surface area (Å²) in [5.41, 5.74) is 2.68. The number of ketones is 2. The number of aromatic nitrogens is 1. The molecule has 0 saturated carbocycles. The molecule has 3 aromatic rings. The van der Waals surface area contributed by atoms with Gasteiger partial charge in [0.25, 0.3) is 0 Å². The van der Waals surface area contributed by atoms with Crippen molar-refractivity contribution in [1.29, 1.82) is 0 Å². The maximum Gasteiger partial charge on any atom is 0.193 e. The van der Waals surface area contributed by atoms with Crippen LogP contribution in [0.4, 0.5) is 0 Å². The normalized spacial score (nSPS) is 10.8. The molecule has 0 bridgehead atoms. The molecule has 104 valence electrons. The molecule has 1 aromatic heterocycles. The van der Waals surface area contributed by atoms with Crippen molar-refractivity contribution in [3.05, 3.63) is 71.4 Å². The lowest BCUT2D eigenvalue weighted by Crippen LogP contribution is -2.03. The van der Waals surface area contributed by atoms with Gasteiger partial charge in [0.05, 0.1) is 0 Å². The third-order valence-electron chi connectivity index (χ3n) is 3.67. The van der Waals surface area contributed by atoms with Crippen molar-refractivity contribution in [3.63, 3.8) is 0 Å². The molecule has 0 spiro atoms. The number of Topliss-reactive ketones (excluding diaryl/α,β-unsaturated/α-hetero) is 1. The zero-order chi connectivity index (χ0) is 15.0. The highest BCUT2D eigenvalue weighted by atomic mass is 16.1. The van der Waals surface area contributed by atoms with Crippen LogP contribution in [0.25, 0.3) is 10.9 Å². The smallest absolute Gasteiger partial charge is 0.193 e. The number of carbonyl (C=O) groups excluding carboxylic acids is 2. The Morgan fingerprint density at radius 2 is 1.62 bits per heavy atom. The summed E-state index contributed by atoms with van der Waals surface area (Å²) in [6.45, 7) is 1.53. The number of carbonyl (C=O) groups is 2. The van der Waals surface area contributed by atoms with Crippen LogP contribution in [0.15, 0.2) is 54.7 Å². The van der Waals surface area contributed by atoms with Crippen LogP contribution in [0.5, 0.6) is 0 Å². The van der Waals surface area contributed by atoms with E-state index < -0.39 is 0 Å². The largest absolute Gasteiger partial charge is 0.350 e.